The van der Waals surface area contributed by atoms with Crippen LogP contribution in [0.1, 0.15) is 11.1 Å². The van der Waals surface area contributed by atoms with Crippen molar-refractivity contribution in [2.24, 2.45) is 7.05 Å². The van der Waals surface area contributed by atoms with Gasteiger partial charge in [0.15, 0.2) is 11.0 Å². The zero-order valence-electron chi connectivity index (χ0n) is 15.8. The normalized spacial score (nSPS) is 10.5. The van der Waals surface area contributed by atoms with Gasteiger partial charge in [0.2, 0.25) is 5.91 Å². The predicted molar refractivity (Wildman–Crippen MR) is 108 cm³/mol. The Hall–Kier alpha value is -3.20. The van der Waals surface area contributed by atoms with Crippen LogP contribution in [0.25, 0.3) is 11.4 Å². The van der Waals surface area contributed by atoms with E-state index in [1.807, 2.05) is 51.2 Å². The number of urea groups is 1. The summed E-state index contributed by atoms with van der Waals surface area (Å²) in [5.41, 5.74) is 3.58. The van der Waals surface area contributed by atoms with Crippen molar-refractivity contribution in [3.8, 4) is 11.4 Å². The van der Waals surface area contributed by atoms with Gasteiger partial charge in [-0.1, -0.05) is 29.5 Å². The number of aryl methyl sites for hydroxylation is 2. The molecule has 2 heterocycles. The summed E-state index contributed by atoms with van der Waals surface area (Å²) in [4.78, 5) is 28.1. The molecule has 0 spiro atoms. The molecule has 0 atom stereocenters. The van der Waals surface area contributed by atoms with E-state index in [-0.39, 0.29) is 5.75 Å². The van der Waals surface area contributed by atoms with Crippen LogP contribution in [0.4, 0.5) is 10.5 Å². The minimum absolute atomic E-state index is 0.0443. The number of anilines is 1. The van der Waals surface area contributed by atoms with Crippen molar-refractivity contribution < 1.29 is 9.59 Å². The van der Waals surface area contributed by atoms with Gasteiger partial charge in [-0.15, -0.1) is 10.2 Å². The van der Waals surface area contributed by atoms with E-state index in [9.17, 15) is 9.59 Å². The Labute approximate surface area is 166 Å². The highest BCUT2D eigenvalue weighted by molar-refractivity contribution is 7.99. The Morgan fingerprint density at radius 3 is 2.57 bits per heavy atom. The molecule has 0 aliphatic carbocycles. The van der Waals surface area contributed by atoms with Crippen molar-refractivity contribution in [3.63, 3.8) is 0 Å². The molecule has 2 aromatic heterocycles. The summed E-state index contributed by atoms with van der Waals surface area (Å²) in [5, 5.41) is 13.8. The van der Waals surface area contributed by atoms with Crippen LogP contribution in [0.2, 0.25) is 0 Å². The summed E-state index contributed by atoms with van der Waals surface area (Å²) < 4.78 is 1.79. The van der Waals surface area contributed by atoms with Gasteiger partial charge in [0.05, 0.1) is 5.75 Å². The Morgan fingerprint density at radius 1 is 1.11 bits per heavy atom. The van der Waals surface area contributed by atoms with Crippen molar-refractivity contribution in [3.05, 3.63) is 53.9 Å². The van der Waals surface area contributed by atoms with Gasteiger partial charge >= 0.3 is 6.03 Å². The molecule has 28 heavy (non-hydrogen) atoms. The molecule has 3 amide bonds. The second-order valence-corrected chi connectivity index (χ2v) is 7.15. The van der Waals surface area contributed by atoms with Gasteiger partial charge in [-0.25, -0.2) is 4.79 Å². The lowest BCUT2D eigenvalue weighted by molar-refractivity contribution is -0.117. The number of benzene rings is 1. The molecule has 144 valence electrons. The fraction of sp³-hybridized carbons (Fsp3) is 0.211. The summed E-state index contributed by atoms with van der Waals surface area (Å²) in [6, 6.07) is 8.78. The number of aromatic nitrogens is 4. The number of hydrogen-bond acceptors (Lipinski definition) is 6. The fourth-order valence-electron chi connectivity index (χ4n) is 2.59. The van der Waals surface area contributed by atoms with E-state index in [1.165, 1.54) is 11.8 Å². The monoisotopic (exact) mass is 396 g/mol. The Kier molecular flexibility index (Phi) is 6.05. The molecule has 1 aromatic carbocycles. The second kappa shape index (κ2) is 8.66. The van der Waals surface area contributed by atoms with Crippen molar-refractivity contribution in [2.75, 3.05) is 11.1 Å². The molecule has 0 radical (unpaired) electrons. The summed E-state index contributed by atoms with van der Waals surface area (Å²) in [7, 11) is 1.82. The third kappa shape index (κ3) is 4.74. The Balaban J connectivity index is 1.54. The smallest absolute Gasteiger partial charge is 0.307 e. The highest BCUT2D eigenvalue weighted by Gasteiger charge is 2.14. The van der Waals surface area contributed by atoms with Crippen molar-refractivity contribution in [1.29, 1.82) is 0 Å². The zero-order chi connectivity index (χ0) is 20.1. The van der Waals surface area contributed by atoms with Crippen molar-refractivity contribution in [1.82, 2.24) is 25.1 Å². The highest BCUT2D eigenvalue weighted by atomic mass is 32.2. The number of nitrogens with zero attached hydrogens (tertiary/aromatic N) is 4. The van der Waals surface area contributed by atoms with Gasteiger partial charge in [-0.3, -0.25) is 15.1 Å². The number of carbonyl (C=O) groups excluding carboxylic acids is 2. The van der Waals surface area contributed by atoms with Crippen LogP contribution < -0.4 is 10.6 Å². The first-order chi connectivity index (χ1) is 13.4. The summed E-state index contributed by atoms with van der Waals surface area (Å²) >= 11 is 1.21. The fourth-order valence-corrected chi connectivity index (χ4v) is 3.30. The molecule has 0 aliphatic rings. The van der Waals surface area contributed by atoms with E-state index in [0.717, 1.165) is 16.7 Å². The minimum Gasteiger partial charge on any atom is -0.307 e. The zero-order valence-corrected chi connectivity index (χ0v) is 16.6. The van der Waals surface area contributed by atoms with Crippen LogP contribution in [-0.2, 0) is 11.8 Å². The Bertz CT molecular complexity index is 1000. The van der Waals surface area contributed by atoms with Crippen LogP contribution in [0.15, 0.2) is 47.9 Å². The minimum atomic E-state index is -0.562. The summed E-state index contributed by atoms with van der Waals surface area (Å²) in [6.45, 7) is 3.87. The third-order valence-corrected chi connectivity index (χ3v) is 5.01. The van der Waals surface area contributed by atoms with E-state index >= 15 is 0 Å². The van der Waals surface area contributed by atoms with Crippen LogP contribution in [0, 0.1) is 13.8 Å². The molecule has 9 heteroatoms. The summed E-state index contributed by atoms with van der Waals surface area (Å²) in [6.07, 6.45) is 3.36. The predicted octanol–water partition coefficient (Wildman–Crippen LogP) is 2.93. The molecule has 0 saturated carbocycles. The maximum atomic E-state index is 12.1. The number of pyridine rings is 1. The molecule has 3 aromatic rings. The highest BCUT2D eigenvalue weighted by Crippen LogP contribution is 2.22. The number of rotatable bonds is 5. The SMILES string of the molecule is Cc1ccc(NC(=O)NC(=O)CSc2nnc(-c3ccncc3)n2C)c(C)c1. The van der Waals surface area contributed by atoms with E-state index in [0.29, 0.717) is 16.7 Å². The van der Waals surface area contributed by atoms with Gasteiger partial charge in [-0.2, -0.15) is 0 Å². The maximum Gasteiger partial charge on any atom is 0.325 e. The van der Waals surface area contributed by atoms with E-state index in [4.69, 9.17) is 0 Å². The van der Waals surface area contributed by atoms with Crippen LogP contribution in [0.3, 0.4) is 0 Å². The average Bonchev–Trinajstić information content (AvgIpc) is 3.03. The number of imide groups is 1. The third-order valence-electron chi connectivity index (χ3n) is 3.99. The van der Waals surface area contributed by atoms with Gasteiger partial charge in [0.25, 0.3) is 0 Å². The molecule has 2 N–H and O–H groups in total. The van der Waals surface area contributed by atoms with E-state index in [1.54, 1.807) is 17.0 Å². The lowest BCUT2D eigenvalue weighted by Gasteiger charge is -2.09. The van der Waals surface area contributed by atoms with E-state index in [2.05, 4.69) is 25.8 Å². The van der Waals surface area contributed by atoms with E-state index < -0.39 is 11.9 Å². The molecule has 3 rings (SSSR count). The number of nitrogens with one attached hydrogen (secondary N) is 2. The van der Waals surface area contributed by atoms with Crippen LogP contribution >= 0.6 is 11.8 Å². The molecule has 8 nitrogen and oxygen atoms in total. The van der Waals surface area contributed by atoms with Crippen molar-refractivity contribution >= 4 is 29.4 Å². The summed E-state index contributed by atoms with van der Waals surface area (Å²) in [5.74, 6) is 0.307. The molecular weight excluding hydrogens is 376 g/mol. The first-order valence-electron chi connectivity index (χ1n) is 8.54. The number of carbonyl (C=O) groups is 2. The number of amides is 3. The van der Waals surface area contributed by atoms with Crippen LogP contribution in [0.5, 0.6) is 0 Å². The maximum absolute atomic E-state index is 12.1. The molecule has 0 saturated heterocycles. The first kappa shape index (κ1) is 19.6. The van der Waals surface area contributed by atoms with Gasteiger partial charge in [0, 0.05) is 30.7 Å². The number of hydrogen-bond donors (Lipinski definition) is 2. The lowest BCUT2D eigenvalue weighted by atomic mass is 10.1. The second-order valence-electron chi connectivity index (χ2n) is 6.21. The lowest BCUT2D eigenvalue weighted by Crippen LogP contribution is -2.35. The standard InChI is InChI=1S/C19H20N6O2S/c1-12-4-5-15(13(2)10-12)21-18(27)22-16(26)11-28-19-24-23-17(25(19)3)14-6-8-20-9-7-14/h4-10H,11H2,1-3H3,(H2,21,22,26,27). The van der Waals surface area contributed by atoms with Gasteiger partial charge in [0.1, 0.15) is 0 Å². The molecule has 0 fully saturated rings. The first-order valence-corrected chi connectivity index (χ1v) is 9.53. The molecule has 0 unspecified atom stereocenters. The number of thioether (sulfide) groups is 1. The van der Waals surface area contributed by atoms with Crippen molar-refractivity contribution in [2.45, 2.75) is 19.0 Å². The average molecular weight is 396 g/mol. The quantitative estimate of drug-likeness (QED) is 0.643. The van der Waals surface area contributed by atoms with Crippen LogP contribution in [-0.4, -0.2) is 37.4 Å². The molecule has 0 aliphatic heterocycles. The topological polar surface area (TPSA) is 102 Å². The van der Waals surface area contributed by atoms with Gasteiger partial charge in [-0.05, 0) is 37.6 Å². The Morgan fingerprint density at radius 2 is 1.86 bits per heavy atom. The largest absolute Gasteiger partial charge is 0.325 e. The molecular formula is C19H20N6O2S. The van der Waals surface area contributed by atoms with Gasteiger partial charge < -0.3 is 9.88 Å². The molecule has 0 bridgehead atoms.